The monoisotopic (exact) mass is 156 g/mol. The van der Waals surface area contributed by atoms with Crippen molar-refractivity contribution in [2.45, 2.75) is 33.0 Å². The molecule has 1 N–H and O–H groups in total. The summed E-state index contributed by atoms with van der Waals surface area (Å²) in [5.74, 6) is 4.69. The molecule has 2 atom stereocenters. The molecule has 0 bridgehead atoms. The molecule has 0 radical (unpaired) electrons. The third kappa shape index (κ3) is 6.88. The number of rotatable bonds is 1. The molecule has 0 aromatic heterocycles. The second kappa shape index (κ2) is 4.75. The van der Waals surface area contributed by atoms with Gasteiger partial charge in [0.15, 0.2) is 6.10 Å². The summed E-state index contributed by atoms with van der Waals surface area (Å²) in [5, 5.41) is 8.72. The summed E-state index contributed by atoms with van der Waals surface area (Å²) in [6.45, 7) is 4.52. The van der Waals surface area contributed by atoms with Crippen LogP contribution in [0.4, 0.5) is 0 Å². The van der Waals surface area contributed by atoms with Gasteiger partial charge in [-0.25, -0.2) is 0 Å². The summed E-state index contributed by atoms with van der Waals surface area (Å²) < 4.78 is 4.68. The Labute approximate surface area is 66.4 Å². The van der Waals surface area contributed by atoms with Gasteiger partial charge < -0.3 is 9.84 Å². The van der Waals surface area contributed by atoms with Gasteiger partial charge in [0.25, 0.3) is 0 Å². The van der Waals surface area contributed by atoms with E-state index >= 15 is 0 Å². The number of hydrogen-bond acceptors (Lipinski definition) is 3. The fraction of sp³-hybridized carbons (Fsp3) is 0.625. The van der Waals surface area contributed by atoms with Gasteiger partial charge in [0, 0.05) is 6.92 Å². The minimum absolute atomic E-state index is 0.364. The van der Waals surface area contributed by atoms with E-state index in [1.807, 2.05) is 0 Å². The van der Waals surface area contributed by atoms with Crippen LogP contribution in [-0.2, 0) is 9.53 Å². The number of aliphatic hydroxyl groups is 1. The van der Waals surface area contributed by atoms with Crippen LogP contribution in [-0.4, -0.2) is 23.3 Å². The summed E-state index contributed by atoms with van der Waals surface area (Å²) >= 11 is 0. The Morgan fingerprint density at radius 1 is 1.45 bits per heavy atom. The fourth-order valence-electron chi connectivity index (χ4n) is 0.516. The van der Waals surface area contributed by atoms with Gasteiger partial charge in [-0.3, -0.25) is 4.79 Å². The maximum atomic E-state index is 10.3. The van der Waals surface area contributed by atoms with Crippen molar-refractivity contribution >= 4 is 5.97 Å². The second-order valence-corrected chi connectivity index (χ2v) is 2.22. The smallest absolute Gasteiger partial charge is 0.303 e. The van der Waals surface area contributed by atoms with Crippen LogP contribution >= 0.6 is 0 Å². The van der Waals surface area contributed by atoms with Crippen LogP contribution in [0.1, 0.15) is 20.8 Å². The Morgan fingerprint density at radius 2 is 2.00 bits per heavy atom. The minimum Gasteiger partial charge on any atom is -0.450 e. The number of carbonyl (C=O) groups is 1. The molecule has 0 aromatic rings. The molecule has 0 aliphatic carbocycles. The minimum atomic E-state index is -0.673. The molecule has 0 spiro atoms. The van der Waals surface area contributed by atoms with Gasteiger partial charge in [0.2, 0.25) is 0 Å². The van der Waals surface area contributed by atoms with Crippen molar-refractivity contribution in [1.29, 1.82) is 0 Å². The Morgan fingerprint density at radius 3 is 2.36 bits per heavy atom. The number of hydrogen-bond donors (Lipinski definition) is 1. The third-order valence-electron chi connectivity index (χ3n) is 0.838. The van der Waals surface area contributed by atoms with Crippen molar-refractivity contribution in [3.8, 4) is 11.8 Å². The molecule has 0 aliphatic heterocycles. The molecule has 62 valence electrons. The molecule has 0 saturated heterocycles. The molecule has 3 heteroatoms. The molecule has 0 aliphatic rings. The normalized spacial score (nSPS) is 14.2. The molecule has 0 heterocycles. The van der Waals surface area contributed by atoms with Crippen LogP contribution < -0.4 is 0 Å². The van der Waals surface area contributed by atoms with E-state index in [0.717, 1.165) is 0 Å². The lowest BCUT2D eigenvalue weighted by molar-refractivity contribution is -0.143. The van der Waals surface area contributed by atoms with Crippen molar-refractivity contribution in [3.63, 3.8) is 0 Å². The summed E-state index contributed by atoms with van der Waals surface area (Å²) in [4.78, 5) is 10.3. The van der Waals surface area contributed by atoms with Crippen molar-refractivity contribution < 1.29 is 14.6 Å². The topological polar surface area (TPSA) is 46.5 Å². The van der Waals surface area contributed by atoms with E-state index in [1.54, 1.807) is 13.8 Å². The van der Waals surface area contributed by atoms with Crippen molar-refractivity contribution in [2.24, 2.45) is 0 Å². The zero-order valence-electron chi connectivity index (χ0n) is 6.92. The highest BCUT2D eigenvalue weighted by atomic mass is 16.5. The first-order valence-corrected chi connectivity index (χ1v) is 3.38. The van der Waals surface area contributed by atoms with Crippen molar-refractivity contribution in [3.05, 3.63) is 0 Å². The quantitative estimate of drug-likeness (QED) is 0.439. The average molecular weight is 156 g/mol. The van der Waals surface area contributed by atoms with Gasteiger partial charge in [0.1, 0.15) is 6.10 Å². The van der Waals surface area contributed by atoms with Gasteiger partial charge in [-0.05, 0) is 13.8 Å². The molecule has 0 unspecified atom stereocenters. The van der Waals surface area contributed by atoms with E-state index in [1.165, 1.54) is 6.92 Å². The zero-order chi connectivity index (χ0) is 8.85. The number of aliphatic hydroxyl groups excluding tert-OH is 1. The van der Waals surface area contributed by atoms with Crippen LogP contribution in [0, 0.1) is 11.8 Å². The second-order valence-electron chi connectivity index (χ2n) is 2.22. The summed E-state index contributed by atoms with van der Waals surface area (Å²) in [6.07, 6.45) is -1.12. The van der Waals surface area contributed by atoms with Gasteiger partial charge >= 0.3 is 5.97 Å². The Hall–Kier alpha value is -1.01. The first-order chi connectivity index (χ1) is 5.02. The van der Waals surface area contributed by atoms with E-state index < -0.39 is 12.2 Å². The van der Waals surface area contributed by atoms with Crippen LogP contribution in [0.5, 0.6) is 0 Å². The number of carbonyl (C=O) groups excluding carboxylic acids is 1. The first-order valence-electron chi connectivity index (χ1n) is 3.38. The van der Waals surface area contributed by atoms with E-state index in [0.29, 0.717) is 0 Å². The lowest BCUT2D eigenvalue weighted by atomic mass is 10.3. The number of esters is 1. The highest BCUT2D eigenvalue weighted by molar-refractivity contribution is 5.66. The molecule has 3 nitrogen and oxygen atoms in total. The SMILES string of the molecule is CC(=O)O[C@@H](C)C#C[C@@H](C)O. The molecule has 0 amide bonds. The Bertz CT molecular complexity index is 185. The van der Waals surface area contributed by atoms with E-state index in [2.05, 4.69) is 16.6 Å². The summed E-state index contributed by atoms with van der Waals surface area (Å²) in [7, 11) is 0. The molecule has 11 heavy (non-hydrogen) atoms. The molecular formula is C8H12O3. The highest BCUT2D eigenvalue weighted by Crippen LogP contribution is 1.88. The Kier molecular flexibility index (Phi) is 4.32. The third-order valence-corrected chi connectivity index (χ3v) is 0.838. The van der Waals surface area contributed by atoms with Gasteiger partial charge in [-0.2, -0.15) is 0 Å². The molecule has 0 fully saturated rings. The molecular weight excluding hydrogens is 144 g/mol. The Balaban J connectivity index is 3.79. The lowest BCUT2D eigenvalue weighted by Crippen LogP contribution is -2.10. The first kappa shape index (κ1) is 9.99. The standard InChI is InChI=1S/C8H12O3/c1-6(9)4-5-7(2)11-8(3)10/h6-7,9H,1-3H3/t6-,7+/m1/s1. The van der Waals surface area contributed by atoms with Gasteiger partial charge in [0.05, 0.1) is 0 Å². The van der Waals surface area contributed by atoms with Crippen LogP contribution in [0.25, 0.3) is 0 Å². The number of ether oxygens (including phenoxy) is 1. The summed E-state index contributed by atoms with van der Waals surface area (Å²) in [6, 6.07) is 0. The van der Waals surface area contributed by atoms with E-state index in [-0.39, 0.29) is 5.97 Å². The predicted octanol–water partition coefficient (Wildman–Crippen LogP) is 0.322. The maximum Gasteiger partial charge on any atom is 0.303 e. The van der Waals surface area contributed by atoms with E-state index in [4.69, 9.17) is 5.11 Å². The largest absolute Gasteiger partial charge is 0.450 e. The van der Waals surface area contributed by atoms with Crippen LogP contribution in [0.15, 0.2) is 0 Å². The maximum absolute atomic E-state index is 10.3. The van der Waals surface area contributed by atoms with Crippen molar-refractivity contribution in [2.75, 3.05) is 0 Å². The zero-order valence-corrected chi connectivity index (χ0v) is 6.92. The van der Waals surface area contributed by atoms with Crippen molar-refractivity contribution in [1.82, 2.24) is 0 Å². The predicted molar refractivity (Wildman–Crippen MR) is 40.7 cm³/mol. The van der Waals surface area contributed by atoms with E-state index in [9.17, 15) is 4.79 Å². The molecule has 0 saturated carbocycles. The lowest BCUT2D eigenvalue weighted by Gasteiger charge is -2.02. The average Bonchev–Trinajstić information content (AvgIpc) is 1.82. The van der Waals surface area contributed by atoms with Crippen LogP contribution in [0.3, 0.4) is 0 Å². The molecule has 0 aromatic carbocycles. The van der Waals surface area contributed by atoms with Gasteiger partial charge in [-0.15, -0.1) is 0 Å². The summed E-state index contributed by atoms with van der Waals surface area (Å²) in [5.41, 5.74) is 0. The van der Waals surface area contributed by atoms with Crippen LogP contribution in [0.2, 0.25) is 0 Å². The highest BCUT2D eigenvalue weighted by Gasteiger charge is 1.99. The van der Waals surface area contributed by atoms with Gasteiger partial charge in [-0.1, -0.05) is 11.8 Å². The fourth-order valence-corrected chi connectivity index (χ4v) is 0.516. The molecule has 0 rings (SSSR count).